The highest BCUT2D eigenvalue weighted by molar-refractivity contribution is 7.99. The topological polar surface area (TPSA) is 75.3 Å². The summed E-state index contributed by atoms with van der Waals surface area (Å²) in [5.74, 6) is -0.756. The summed E-state index contributed by atoms with van der Waals surface area (Å²) in [6.07, 6.45) is 1.13. The van der Waals surface area contributed by atoms with E-state index in [9.17, 15) is 14.4 Å². The molecule has 0 aromatic heterocycles. The fourth-order valence-electron chi connectivity index (χ4n) is 1.60. The zero-order chi connectivity index (χ0) is 15.7. The number of aryl methyl sites for hydroxylation is 1. The summed E-state index contributed by atoms with van der Waals surface area (Å²) in [7, 11) is 1.64. The summed E-state index contributed by atoms with van der Waals surface area (Å²) < 4.78 is 0. The molecule has 0 radical (unpaired) electrons. The summed E-state index contributed by atoms with van der Waals surface area (Å²) in [6, 6.07) is 7.54. The van der Waals surface area contributed by atoms with Gasteiger partial charge >= 0.3 is 0 Å². The van der Waals surface area contributed by atoms with Crippen molar-refractivity contribution in [3.8, 4) is 0 Å². The minimum Gasteiger partial charge on any atom is -0.340 e. The van der Waals surface area contributed by atoms with Gasteiger partial charge in [0.2, 0.25) is 5.78 Å². The van der Waals surface area contributed by atoms with E-state index in [-0.39, 0.29) is 12.5 Å². The van der Waals surface area contributed by atoms with Gasteiger partial charge in [0.15, 0.2) is 0 Å². The molecule has 1 unspecified atom stereocenters. The molecule has 0 aliphatic heterocycles. The molecule has 0 aliphatic rings. The van der Waals surface area contributed by atoms with Gasteiger partial charge in [-0.25, -0.2) is 0 Å². The van der Waals surface area contributed by atoms with Crippen molar-refractivity contribution in [1.29, 1.82) is 0 Å². The van der Waals surface area contributed by atoms with E-state index >= 15 is 0 Å². The molecule has 0 saturated carbocycles. The molecule has 0 fully saturated rings. The smallest absolute Gasteiger partial charge is 0.288 e. The molecular formula is C15H20N2O3S. The van der Waals surface area contributed by atoms with Gasteiger partial charge in [-0.05, 0) is 32.5 Å². The van der Waals surface area contributed by atoms with E-state index in [1.54, 1.807) is 7.05 Å². The summed E-state index contributed by atoms with van der Waals surface area (Å²) in [6.45, 7) is 2.01. The number of rotatable bonds is 9. The van der Waals surface area contributed by atoms with E-state index in [1.807, 2.05) is 31.2 Å². The lowest BCUT2D eigenvalue weighted by Gasteiger charge is -2.08. The first-order chi connectivity index (χ1) is 10.1. The normalized spacial score (nSPS) is 11.7. The van der Waals surface area contributed by atoms with Crippen LogP contribution < -0.4 is 10.6 Å². The van der Waals surface area contributed by atoms with Crippen LogP contribution in [0.4, 0.5) is 0 Å². The first-order valence-electron chi connectivity index (χ1n) is 6.70. The van der Waals surface area contributed by atoms with Gasteiger partial charge in [0, 0.05) is 11.3 Å². The molecule has 2 N–H and O–H groups in total. The zero-order valence-electron chi connectivity index (χ0n) is 12.2. The van der Waals surface area contributed by atoms with E-state index in [1.165, 1.54) is 17.3 Å². The van der Waals surface area contributed by atoms with Crippen LogP contribution in [-0.4, -0.2) is 36.9 Å². The average molecular weight is 308 g/mol. The zero-order valence-corrected chi connectivity index (χ0v) is 13.0. The highest BCUT2D eigenvalue weighted by Gasteiger charge is 2.15. The lowest BCUT2D eigenvalue weighted by molar-refractivity contribution is -0.137. The third-order valence-electron chi connectivity index (χ3n) is 2.96. The predicted octanol–water partition coefficient (Wildman–Crippen LogP) is 1.30. The van der Waals surface area contributed by atoms with Crippen LogP contribution >= 0.6 is 11.8 Å². The average Bonchev–Trinajstić information content (AvgIpc) is 2.50. The Kier molecular flexibility index (Phi) is 7.71. The number of likely N-dealkylation sites (N-methyl/N-ethyl adjacent to an activating group) is 1. The Hall–Kier alpha value is -1.66. The van der Waals surface area contributed by atoms with Crippen LogP contribution in [0, 0.1) is 6.92 Å². The maximum atomic E-state index is 11.6. The molecule has 114 valence electrons. The first kappa shape index (κ1) is 17.4. The van der Waals surface area contributed by atoms with E-state index in [2.05, 4.69) is 10.6 Å². The van der Waals surface area contributed by atoms with Gasteiger partial charge in [-0.2, -0.15) is 0 Å². The van der Waals surface area contributed by atoms with Crippen molar-refractivity contribution >= 4 is 29.7 Å². The van der Waals surface area contributed by atoms with Crippen LogP contribution in [0.3, 0.4) is 0 Å². The molecule has 1 aromatic carbocycles. The number of thioether (sulfide) groups is 1. The number of nitrogens with one attached hydrogen (secondary N) is 2. The Balaban J connectivity index is 2.28. The number of carbonyl (C=O) groups excluding carboxylic acids is 3. The van der Waals surface area contributed by atoms with Gasteiger partial charge in [-0.1, -0.05) is 17.7 Å². The molecule has 0 saturated heterocycles. The van der Waals surface area contributed by atoms with Crippen molar-refractivity contribution in [1.82, 2.24) is 10.6 Å². The minimum absolute atomic E-state index is 0.0608. The Morgan fingerprint density at radius 3 is 2.52 bits per heavy atom. The van der Waals surface area contributed by atoms with E-state index < -0.39 is 11.7 Å². The predicted molar refractivity (Wildman–Crippen MR) is 83.2 cm³/mol. The van der Waals surface area contributed by atoms with Crippen LogP contribution in [0.15, 0.2) is 29.2 Å². The number of amides is 1. The van der Waals surface area contributed by atoms with Crippen molar-refractivity contribution in [3.63, 3.8) is 0 Å². The standard InChI is InChI=1S/C15H20N2O3S/c1-11-3-6-13(7-4-11)21-10-17-15(20)14(19)8-5-12(9-18)16-2/h3-4,6-7,9,12,16H,5,8,10H2,1-2H3,(H,17,20). The number of carbonyl (C=O) groups is 3. The second-order valence-electron chi connectivity index (χ2n) is 4.60. The maximum absolute atomic E-state index is 11.6. The molecule has 0 spiro atoms. The number of aldehydes is 1. The van der Waals surface area contributed by atoms with Gasteiger partial charge in [0.1, 0.15) is 6.29 Å². The Labute approximate surface area is 128 Å². The molecule has 21 heavy (non-hydrogen) atoms. The number of Topliss-reactive ketones (excluding diaryl/α,β-unsaturated/α-hetero) is 1. The van der Waals surface area contributed by atoms with Gasteiger partial charge in [-0.3, -0.25) is 9.59 Å². The molecule has 0 aliphatic carbocycles. The quantitative estimate of drug-likeness (QED) is 0.311. The Morgan fingerprint density at radius 1 is 1.29 bits per heavy atom. The van der Waals surface area contributed by atoms with E-state index in [4.69, 9.17) is 0 Å². The van der Waals surface area contributed by atoms with Crippen molar-refractivity contribution in [3.05, 3.63) is 29.8 Å². The Morgan fingerprint density at radius 2 is 1.95 bits per heavy atom. The van der Waals surface area contributed by atoms with E-state index in [0.29, 0.717) is 12.3 Å². The molecule has 1 rings (SSSR count). The fourth-order valence-corrected chi connectivity index (χ4v) is 2.30. The molecule has 1 atom stereocenters. The van der Waals surface area contributed by atoms with Gasteiger partial charge < -0.3 is 15.4 Å². The Bertz CT molecular complexity index is 488. The third-order valence-corrected chi connectivity index (χ3v) is 3.86. The van der Waals surface area contributed by atoms with Crippen LogP contribution in [0.25, 0.3) is 0 Å². The lowest BCUT2D eigenvalue weighted by Crippen LogP contribution is -2.33. The monoisotopic (exact) mass is 308 g/mol. The number of hydrogen-bond acceptors (Lipinski definition) is 5. The highest BCUT2D eigenvalue weighted by atomic mass is 32.2. The van der Waals surface area contributed by atoms with E-state index in [0.717, 1.165) is 11.2 Å². The first-order valence-corrected chi connectivity index (χ1v) is 7.68. The van der Waals surface area contributed by atoms with Crippen LogP contribution in [0.2, 0.25) is 0 Å². The summed E-state index contributed by atoms with van der Waals surface area (Å²) >= 11 is 1.46. The SMILES string of the molecule is CNC(C=O)CCC(=O)C(=O)NCSc1ccc(C)cc1. The van der Waals surface area contributed by atoms with Gasteiger partial charge in [0.05, 0.1) is 11.9 Å². The largest absolute Gasteiger partial charge is 0.340 e. The van der Waals surface area contributed by atoms with Crippen LogP contribution in [0.5, 0.6) is 0 Å². The molecule has 6 heteroatoms. The van der Waals surface area contributed by atoms with Crippen molar-refractivity contribution in [2.24, 2.45) is 0 Å². The maximum Gasteiger partial charge on any atom is 0.288 e. The summed E-state index contributed by atoms with van der Waals surface area (Å²) in [5, 5.41) is 5.33. The summed E-state index contributed by atoms with van der Waals surface area (Å²) in [5.41, 5.74) is 1.17. The number of hydrogen-bond donors (Lipinski definition) is 2. The van der Waals surface area contributed by atoms with Crippen molar-refractivity contribution in [2.75, 3.05) is 12.9 Å². The molecule has 0 heterocycles. The molecular weight excluding hydrogens is 288 g/mol. The second-order valence-corrected chi connectivity index (χ2v) is 5.65. The second kappa shape index (κ2) is 9.31. The van der Waals surface area contributed by atoms with Gasteiger partial charge in [0.25, 0.3) is 5.91 Å². The fraction of sp³-hybridized carbons (Fsp3) is 0.400. The molecule has 1 amide bonds. The van der Waals surface area contributed by atoms with Crippen LogP contribution in [-0.2, 0) is 14.4 Å². The number of ketones is 1. The lowest BCUT2D eigenvalue weighted by atomic mass is 10.1. The van der Waals surface area contributed by atoms with Crippen molar-refractivity contribution < 1.29 is 14.4 Å². The molecule has 5 nitrogen and oxygen atoms in total. The van der Waals surface area contributed by atoms with Crippen molar-refractivity contribution in [2.45, 2.75) is 30.7 Å². The number of benzene rings is 1. The highest BCUT2D eigenvalue weighted by Crippen LogP contribution is 2.16. The molecule has 1 aromatic rings. The third kappa shape index (κ3) is 6.55. The summed E-state index contributed by atoms with van der Waals surface area (Å²) in [4.78, 5) is 34.8. The molecule has 0 bridgehead atoms. The minimum atomic E-state index is -0.602. The van der Waals surface area contributed by atoms with Gasteiger partial charge in [-0.15, -0.1) is 11.8 Å². The van der Waals surface area contributed by atoms with Crippen LogP contribution in [0.1, 0.15) is 18.4 Å².